The fraction of sp³-hybridized carbons (Fsp3) is 0.364. The van der Waals surface area contributed by atoms with Gasteiger partial charge in [-0.3, -0.25) is 4.79 Å². The molecule has 5 heteroatoms. The fourth-order valence-corrected chi connectivity index (χ4v) is 1.64. The second-order valence-electron chi connectivity index (χ2n) is 3.51. The minimum Gasteiger partial charge on any atom is -0.481 e. The standard InChI is InChI=1S/C11H13BrFNO2/c1-7-5-9(13)8(12)6-10(7)14-4-2-3-11(15)16/h5-6,14H,2-4H2,1H3,(H,15,16). The minimum absolute atomic E-state index is 0.133. The Hall–Kier alpha value is -1.10. The molecule has 0 radical (unpaired) electrons. The van der Waals surface area contributed by atoms with E-state index in [1.807, 2.05) is 0 Å². The molecule has 88 valence electrons. The summed E-state index contributed by atoms with van der Waals surface area (Å²) in [7, 11) is 0. The second kappa shape index (κ2) is 5.84. The molecular weight excluding hydrogens is 277 g/mol. The monoisotopic (exact) mass is 289 g/mol. The molecule has 0 fully saturated rings. The van der Waals surface area contributed by atoms with Gasteiger partial charge < -0.3 is 10.4 Å². The smallest absolute Gasteiger partial charge is 0.303 e. The molecule has 0 unspecified atom stereocenters. The lowest BCUT2D eigenvalue weighted by Gasteiger charge is -2.09. The van der Waals surface area contributed by atoms with Crippen LogP contribution in [0, 0.1) is 12.7 Å². The van der Waals surface area contributed by atoms with Crippen molar-refractivity contribution in [3.63, 3.8) is 0 Å². The van der Waals surface area contributed by atoms with Crippen LogP contribution in [-0.4, -0.2) is 17.6 Å². The van der Waals surface area contributed by atoms with Crippen LogP contribution in [0.4, 0.5) is 10.1 Å². The summed E-state index contributed by atoms with van der Waals surface area (Å²) in [6.07, 6.45) is 0.679. The van der Waals surface area contributed by atoms with Crippen LogP contribution in [0.1, 0.15) is 18.4 Å². The molecule has 1 aromatic rings. The molecule has 0 aliphatic rings. The highest BCUT2D eigenvalue weighted by Gasteiger charge is 2.04. The number of anilines is 1. The SMILES string of the molecule is Cc1cc(F)c(Br)cc1NCCCC(=O)O. The average molecular weight is 290 g/mol. The lowest BCUT2D eigenvalue weighted by atomic mass is 10.2. The van der Waals surface area contributed by atoms with Crippen LogP contribution in [0.5, 0.6) is 0 Å². The molecule has 1 aromatic carbocycles. The summed E-state index contributed by atoms with van der Waals surface area (Å²) >= 11 is 3.10. The van der Waals surface area contributed by atoms with E-state index >= 15 is 0 Å². The van der Waals surface area contributed by atoms with Gasteiger partial charge in [0, 0.05) is 18.7 Å². The molecule has 3 nitrogen and oxygen atoms in total. The molecule has 0 heterocycles. The first-order chi connectivity index (χ1) is 7.50. The van der Waals surface area contributed by atoms with Crippen molar-refractivity contribution in [2.24, 2.45) is 0 Å². The first-order valence-corrected chi connectivity index (χ1v) is 5.71. The highest BCUT2D eigenvalue weighted by molar-refractivity contribution is 9.10. The van der Waals surface area contributed by atoms with Crippen molar-refractivity contribution in [2.45, 2.75) is 19.8 Å². The molecule has 0 spiro atoms. The molecule has 2 N–H and O–H groups in total. The predicted octanol–water partition coefficient (Wildman–Crippen LogP) is 3.17. The van der Waals surface area contributed by atoms with Gasteiger partial charge in [0.15, 0.2) is 0 Å². The Morgan fingerprint density at radius 1 is 1.56 bits per heavy atom. The van der Waals surface area contributed by atoms with Crippen LogP contribution in [0.25, 0.3) is 0 Å². The zero-order chi connectivity index (χ0) is 12.1. The van der Waals surface area contributed by atoms with Crippen LogP contribution < -0.4 is 5.32 Å². The Morgan fingerprint density at radius 2 is 2.25 bits per heavy atom. The van der Waals surface area contributed by atoms with E-state index in [2.05, 4.69) is 21.2 Å². The highest BCUT2D eigenvalue weighted by atomic mass is 79.9. The molecule has 1 rings (SSSR count). The Labute approximate surface area is 102 Å². The topological polar surface area (TPSA) is 49.3 Å². The van der Waals surface area contributed by atoms with Gasteiger partial charge in [0.25, 0.3) is 0 Å². The number of rotatable bonds is 5. The Morgan fingerprint density at radius 3 is 2.88 bits per heavy atom. The van der Waals surface area contributed by atoms with Crippen LogP contribution in [0.15, 0.2) is 16.6 Å². The van der Waals surface area contributed by atoms with Gasteiger partial charge >= 0.3 is 5.97 Å². The highest BCUT2D eigenvalue weighted by Crippen LogP contribution is 2.24. The number of benzene rings is 1. The van der Waals surface area contributed by atoms with Crippen molar-refractivity contribution >= 4 is 27.6 Å². The number of nitrogens with one attached hydrogen (secondary N) is 1. The summed E-state index contributed by atoms with van der Waals surface area (Å²) in [6.45, 7) is 2.36. The number of halogens is 2. The summed E-state index contributed by atoms with van der Waals surface area (Å²) in [5, 5.41) is 11.5. The van der Waals surface area contributed by atoms with E-state index in [9.17, 15) is 9.18 Å². The number of carbonyl (C=O) groups is 1. The van der Waals surface area contributed by atoms with Crippen LogP contribution in [-0.2, 0) is 4.79 Å². The summed E-state index contributed by atoms with van der Waals surface area (Å²) in [4.78, 5) is 10.3. The van der Waals surface area contributed by atoms with E-state index in [0.717, 1.165) is 11.3 Å². The van der Waals surface area contributed by atoms with E-state index in [1.165, 1.54) is 6.07 Å². The van der Waals surface area contributed by atoms with Gasteiger partial charge in [-0.15, -0.1) is 0 Å². The maximum atomic E-state index is 13.1. The van der Waals surface area contributed by atoms with Gasteiger partial charge in [-0.05, 0) is 47.0 Å². The Kier molecular flexibility index (Phi) is 4.73. The third-order valence-corrected chi connectivity index (χ3v) is 2.76. The summed E-state index contributed by atoms with van der Waals surface area (Å²) in [5.74, 6) is -1.10. The first-order valence-electron chi connectivity index (χ1n) is 4.92. The second-order valence-corrected chi connectivity index (χ2v) is 4.36. The molecule has 0 aliphatic heterocycles. The number of aryl methyl sites for hydroxylation is 1. The molecule has 0 amide bonds. The average Bonchev–Trinajstić information content (AvgIpc) is 2.19. The third kappa shape index (κ3) is 3.81. The van der Waals surface area contributed by atoms with Gasteiger partial charge in [0.1, 0.15) is 5.82 Å². The van der Waals surface area contributed by atoms with Crippen molar-refractivity contribution in [1.29, 1.82) is 0 Å². The van der Waals surface area contributed by atoms with E-state index in [-0.39, 0.29) is 12.2 Å². The van der Waals surface area contributed by atoms with Gasteiger partial charge in [-0.2, -0.15) is 0 Å². The van der Waals surface area contributed by atoms with Crippen LogP contribution >= 0.6 is 15.9 Å². The number of hydrogen-bond donors (Lipinski definition) is 2. The molecule has 0 aliphatic carbocycles. The predicted molar refractivity (Wildman–Crippen MR) is 64.2 cm³/mol. The first kappa shape index (κ1) is 13.0. The van der Waals surface area contributed by atoms with E-state index in [4.69, 9.17) is 5.11 Å². The van der Waals surface area contributed by atoms with Gasteiger partial charge in [0.05, 0.1) is 4.47 Å². The zero-order valence-electron chi connectivity index (χ0n) is 8.89. The summed E-state index contributed by atoms with van der Waals surface area (Å²) in [5.41, 5.74) is 1.62. The zero-order valence-corrected chi connectivity index (χ0v) is 10.5. The molecule has 0 atom stereocenters. The van der Waals surface area contributed by atoms with Gasteiger partial charge in [-0.1, -0.05) is 0 Å². The fourth-order valence-electron chi connectivity index (χ4n) is 1.30. The van der Waals surface area contributed by atoms with Crippen molar-refractivity contribution in [3.05, 3.63) is 28.0 Å². The molecule has 0 saturated carbocycles. The van der Waals surface area contributed by atoms with Crippen LogP contribution in [0.2, 0.25) is 0 Å². The van der Waals surface area contributed by atoms with Gasteiger partial charge in [-0.25, -0.2) is 4.39 Å². The van der Waals surface area contributed by atoms with E-state index < -0.39 is 5.97 Å². The third-order valence-electron chi connectivity index (χ3n) is 2.15. The maximum absolute atomic E-state index is 13.1. The van der Waals surface area contributed by atoms with Crippen molar-refractivity contribution < 1.29 is 14.3 Å². The van der Waals surface area contributed by atoms with E-state index in [0.29, 0.717) is 17.4 Å². The quantitative estimate of drug-likeness (QED) is 0.819. The van der Waals surface area contributed by atoms with Crippen LogP contribution in [0.3, 0.4) is 0 Å². The minimum atomic E-state index is -0.807. The number of carboxylic acids is 1. The molecule has 0 aromatic heterocycles. The summed E-state index contributed by atoms with van der Waals surface area (Å²) < 4.78 is 13.5. The number of hydrogen-bond acceptors (Lipinski definition) is 2. The normalized spacial score (nSPS) is 10.2. The van der Waals surface area contributed by atoms with Crippen molar-refractivity contribution in [2.75, 3.05) is 11.9 Å². The van der Waals surface area contributed by atoms with Gasteiger partial charge in [0.2, 0.25) is 0 Å². The molecule has 16 heavy (non-hydrogen) atoms. The van der Waals surface area contributed by atoms with Crippen molar-refractivity contribution in [1.82, 2.24) is 0 Å². The Balaban J connectivity index is 2.54. The number of aliphatic carboxylic acids is 1. The summed E-state index contributed by atoms with van der Waals surface area (Å²) in [6, 6.07) is 3.09. The molecule has 0 saturated heterocycles. The largest absolute Gasteiger partial charge is 0.481 e. The lowest BCUT2D eigenvalue weighted by molar-refractivity contribution is -0.137. The molecule has 0 bridgehead atoms. The maximum Gasteiger partial charge on any atom is 0.303 e. The van der Waals surface area contributed by atoms with E-state index in [1.54, 1.807) is 13.0 Å². The van der Waals surface area contributed by atoms with Crippen molar-refractivity contribution in [3.8, 4) is 0 Å². The number of carboxylic acid groups (broad SMARTS) is 1. The lowest BCUT2D eigenvalue weighted by Crippen LogP contribution is -2.06. The Bertz CT molecular complexity index is 396. The molecular formula is C11H13BrFNO2.